The van der Waals surface area contributed by atoms with Crippen molar-refractivity contribution in [3.63, 3.8) is 0 Å². The lowest BCUT2D eigenvalue weighted by Gasteiger charge is -2.67. The van der Waals surface area contributed by atoms with Gasteiger partial charge in [0.2, 0.25) is 0 Å². The van der Waals surface area contributed by atoms with E-state index in [1.807, 2.05) is 0 Å². The number of aliphatic hydroxyl groups is 1. The molecule has 13 atom stereocenters. The third-order valence-corrected chi connectivity index (χ3v) is 13.3. The van der Waals surface area contributed by atoms with Crippen LogP contribution < -0.4 is 0 Å². The van der Waals surface area contributed by atoms with E-state index in [-0.39, 0.29) is 22.4 Å². The maximum absolute atomic E-state index is 14.8. The monoisotopic (exact) mass is 929 g/mol. The first-order chi connectivity index (χ1) is 31.6. The van der Waals surface area contributed by atoms with Crippen LogP contribution in [0.4, 0.5) is 0 Å². The minimum atomic E-state index is -2.91. The highest BCUT2D eigenvalue weighted by atomic mass is 16.7. The molecule has 2 saturated carbocycles. The topological polar surface area (TPSA) is 253 Å². The Morgan fingerprint density at radius 1 is 0.687 bits per heavy atom. The van der Waals surface area contributed by atoms with Gasteiger partial charge in [0.1, 0.15) is 42.0 Å². The maximum atomic E-state index is 14.8. The molecule has 2 aliphatic carbocycles. The number of benzene rings is 2. The van der Waals surface area contributed by atoms with Crippen LogP contribution in [-0.2, 0) is 66.6 Å². The van der Waals surface area contributed by atoms with Crippen LogP contribution in [0.1, 0.15) is 98.1 Å². The van der Waals surface area contributed by atoms with Gasteiger partial charge in [-0.25, -0.2) is 14.4 Å². The largest absolute Gasteiger partial charge is 0.465 e. The van der Waals surface area contributed by atoms with Gasteiger partial charge in [-0.05, 0) is 50.2 Å². The minimum Gasteiger partial charge on any atom is -0.465 e. The van der Waals surface area contributed by atoms with Crippen LogP contribution in [0.25, 0.3) is 0 Å². The second-order valence-electron chi connectivity index (χ2n) is 17.7. The average molecular weight is 930 g/mol. The normalized spacial score (nSPS) is 34.1. The fourth-order valence-corrected chi connectivity index (χ4v) is 10.4. The van der Waals surface area contributed by atoms with Gasteiger partial charge in [0.15, 0.2) is 30.0 Å². The van der Waals surface area contributed by atoms with E-state index in [1.165, 1.54) is 68.6 Å². The number of cyclic esters (lactones) is 1. The molecule has 4 aliphatic rings. The van der Waals surface area contributed by atoms with Gasteiger partial charge in [-0.15, -0.1) is 0 Å². The summed E-state index contributed by atoms with van der Waals surface area (Å²) in [5.74, 6) is -12.1. The number of hydrogen-bond donors (Lipinski definition) is 1. The van der Waals surface area contributed by atoms with Gasteiger partial charge in [0.05, 0.1) is 34.2 Å². The highest BCUT2D eigenvalue weighted by Crippen LogP contribution is 2.70. The maximum Gasteiger partial charge on any atom is 0.340 e. The number of nitrogens with zero attached hydrogens (tertiary/aromatic N) is 1. The highest BCUT2D eigenvalue weighted by Gasteiger charge is 2.92. The molecule has 7 rings (SSSR count). The third-order valence-electron chi connectivity index (χ3n) is 13.3. The predicted octanol–water partition coefficient (Wildman–Crippen LogP) is 3.62. The number of ether oxygens (including phenoxy) is 9. The zero-order valence-electron chi connectivity index (χ0n) is 38.0. The molecule has 1 spiro atoms. The molecule has 3 aromatic rings. The molecule has 4 bridgehead atoms. The Hall–Kier alpha value is -6.73. The van der Waals surface area contributed by atoms with Crippen LogP contribution in [0.5, 0.6) is 0 Å². The van der Waals surface area contributed by atoms with Crippen molar-refractivity contribution in [3.8, 4) is 0 Å². The second kappa shape index (κ2) is 18.2. The highest BCUT2D eigenvalue weighted by molar-refractivity contribution is 5.92. The van der Waals surface area contributed by atoms with Gasteiger partial charge in [0.25, 0.3) is 0 Å². The summed E-state index contributed by atoms with van der Waals surface area (Å²) < 4.78 is 56.6. The number of carbonyl (C=O) groups is 8. The molecule has 1 aromatic heterocycles. The number of fused-ring (bicyclic) bond motifs is 5. The zero-order chi connectivity index (χ0) is 48.8. The summed E-state index contributed by atoms with van der Waals surface area (Å²) in [6.45, 7) is 7.66. The lowest BCUT2D eigenvalue weighted by Crippen LogP contribution is -2.89. The Bertz CT molecular complexity index is 2460. The van der Waals surface area contributed by atoms with E-state index in [1.54, 1.807) is 31.2 Å². The van der Waals surface area contributed by atoms with E-state index in [0.717, 1.165) is 34.6 Å². The van der Waals surface area contributed by atoms with Gasteiger partial charge < -0.3 is 47.7 Å². The smallest absolute Gasteiger partial charge is 0.340 e. The summed E-state index contributed by atoms with van der Waals surface area (Å²) in [6, 6.07) is 17.8. The van der Waals surface area contributed by atoms with Crippen molar-refractivity contribution in [1.82, 2.24) is 4.98 Å². The SMILES string of the molecule is CC(=O)OC[C@]12[C@H](OC(C)=O)[C@H](OC(C)=O)[C@@H]3[C@@H](OC(=O)c4ccccc4)[C@@]14O[C@@]3(C)COC(=O)c1cccnc1C(C)C(C)C(=O)O[C@@H]([C@H](OC(C)=O)[C@@H]2OC(=O)c1ccccc1)[C@]4(C)O. The summed E-state index contributed by atoms with van der Waals surface area (Å²) in [4.78, 5) is 116. The molecule has 19 nitrogen and oxygen atoms in total. The van der Waals surface area contributed by atoms with Gasteiger partial charge in [-0.1, -0.05) is 50.2 Å². The van der Waals surface area contributed by atoms with Crippen molar-refractivity contribution in [1.29, 1.82) is 0 Å². The van der Waals surface area contributed by atoms with Crippen LogP contribution in [-0.4, -0.2) is 124 Å². The van der Waals surface area contributed by atoms with Crippen LogP contribution in [0.15, 0.2) is 79.0 Å². The van der Waals surface area contributed by atoms with Gasteiger partial charge >= 0.3 is 47.8 Å². The lowest BCUT2D eigenvalue weighted by atomic mass is 9.45. The first-order valence-corrected chi connectivity index (χ1v) is 21.5. The Morgan fingerprint density at radius 3 is 1.78 bits per heavy atom. The Morgan fingerprint density at radius 2 is 1.22 bits per heavy atom. The van der Waals surface area contributed by atoms with Gasteiger partial charge in [-0.2, -0.15) is 0 Å². The predicted molar refractivity (Wildman–Crippen MR) is 225 cm³/mol. The average Bonchev–Trinajstić information content (AvgIpc) is 3.51. The van der Waals surface area contributed by atoms with Crippen LogP contribution >= 0.6 is 0 Å². The molecule has 1 N–H and O–H groups in total. The molecule has 356 valence electrons. The second-order valence-corrected chi connectivity index (χ2v) is 17.7. The molecule has 3 fully saturated rings. The van der Waals surface area contributed by atoms with Crippen molar-refractivity contribution in [3.05, 3.63) is 101 Å². The lowest BCUT2D eigenvalue weighted by molar-refractivity contribution is -0.385. The molecular weight excluding hydrogens is 879 g/mol. The van der Waals surface area contributed by atoms with Crippen molar-refractivity contribution >= 4 is 47.8 Å². The number of pyridine rings is 1. The van der Waals surface area contributed by atoms with E-state index in [2.05, 4.69) is 4.98 Å². The van der Waals surface area contributed by atoms with Crippen molar-refractivity contribution in [2.24, 2.45) is 17.3 Å². The summed E-state index contributed by atoms with van der Waals surface area (Å²) in [5, 5.41) is 13.9. The van der Waals surface area contributed by atoms with E-state index >= 15 is 0 Å². The molecule has 2 aromatic carbocycles. The molecule has 2 aliphatic heterocycles. The Kier molecular flexibility index (Phi) is 13.1. The number of carbonyl (C=O) groups excluding carboxylic acids is 8. The van der Waals surface area contributed by atoms with Gasteiger partial charge in [0, 0.05) is 39.8 Å². The molecule has 1 saturated heterocycles. The zero-order valence-corrected chi connectivity index (χ0v) is 38.0. The summed E-state index contributed by atoms with van der Waals surface area (Å²) in [6.07, 6.45) is -11.1. The molecule has 2 unspecified atom stereocenters. The molecule has 19 heteroatoms. The van der Waals surface area contributed by atoms with E-state index < -0.39 is 138 Å². The summed E-state index contributed by atoms with van der Waals surface area (Å²) in [5.41, 5.74) is -10.7. The standard InChI is InChI=1S/C48H51NO18/c1-24-25(2)41(54)65-38-36(62-28(5)52)40(66-43(56)31-18-13-10-14-19-31)47(23-59-26(3)50)39(63-29(6)53)35(61-27(4)51)33-37(64-42(55)30-16-11-9-12-17-30)48(47,46(38,8)58)67-45(33,7)22-60-44(57)32-20-15-21-49-34(24)32/h9-21,24-25,33,35-40,58H,22-23H2,1-8H3/t24?,25?,33-,35-,36+,37-,38+,39-,40+,45+,46+,47-,48+/m1/s1. The number of aromatic nitrogens is 1. The van der Waals surface area contributed by atoms with E-state index in [4.69, 9.17) is 42.6 Å². The van der Waals surface area contributed by atoms with Crippen LogP contribution in [0, 0.1) is 17.3 Å². The third kappa shape index (κ3) is 8.17. The molecule has 67 heavy (non-hydrogen) atoms. The number of hydrogen-bond acceptors (Lipinski definition) is 19. The van der Waals surface area contributed by atoms with E-state index in [0.29, 0.717) is 0 Å². The first kappa shape index (κ1) is 48.2. The van der Waals surface area contributed by atoms with Crippen LogP contribution in [0.3, 0.4) is 0 Å². The Labute approximate surface area is 384 Å². The molecule has 0 radical (unpaired) electrons. The van der Waals surface area contributed by atoms with Crippen molar-refractivity contribution in [2.75, 3.05) is 13.2 Å². The van der Waals surface area contributed by atoms with Crippen molar-refractivity contribution in [2.45, 2.75) is 115 Å². The first-order valence-electron chi connectivity index (χ1n) is 21.5. The summed E-state index contributed by atoms with van der Waals surface area (Å²) >= 11 is 0. The number of esters is 8. The molecule has 0 amide bonds. The summed E-state index contributed by atoms with van der Waals surface area (Å²) in [7, 11) is 0. The quantitative estimate of drug-likeness (QED) is 0.238. The Balaban J connectivity index is 1.65. The van der Waals surface area contributed by atoms with Gasteiger partial charge in [-0.3, -0.25) is 29.0 Å². The molecule has 3 heterocycles. The van der Waals surface area contributed by atoms with Crippen molar-refractivity contribution < 1.29 is 86.1 Å². The number of rotatable bonds is 9. The van der Waals surface area contributed by atoms with Crippen LogP contribution in [0.2, 0.25) is 0 Å². The fraction of sp³-hybridized carbons (Fsp3) is 0.479. The fourth-order valence-electron chi connectivity index (χ4n) is 10.4. The van der Waals surface area contributed by atoms with E-state index in [9.17, 15) is 43.5 Å². The molecular formula is C48H51NO18. The minimum absolute atomic E-state index is 0.0377.